The number of urea groups is 1. The van der Waals surface area contributed by atoms with E-state index in [1.165, 1.54) is 0 Å². The van der Waals surface area contributed by atoms with Crippen molar-refractivity contribution in [3.8, 4) is 0 Å². The first-order chi connectivity index (χ1) is 9.28. The minimum Gasteiger partial charge on any atom is -0.283 e. The molecule has 20 heavy (non-hydrogen) atoms. The lowest BCUT2D eigenvalue weighted by Crippen LogP contribution is -2.34. The Kier molecular flexibility index (Phi) is 5.02. The SMILES string of the molecule is O=C(Nc1nc(Br)cs1)NS(=O)(=O)c1nc(Br)c(Cl)s1. The van der Waals surface area contributed by atoms with Gasteiger partial charge in [-0.25, -0.2) is 19.5 Å². The normalized spacial score (nSPS) is 11.3. The van der Waals surface area contributed by atoms with E-state index in [0.29, 0.717) is 4.60 Å². The standard InChI is InChI=1S/C7H3Br2ClN4O3S3/c8-2-1-18-6(11-2)13-5(15)14-20(16,17)7-12-3(9)4(10)19-7/h1H,(H2,11,13,14,15). The van der Waals surface area contributed by atoms with Crippen molar-refractivity contribution in [2.75, 3.05) is 5.32 Å². The van der Waals surface area contributed by atoms with Gasteiger partial charge in [-0.2, -0.15) is 8.42 Å². The van der Waals surface area contributed by atoms with Gasteiger partial charge in [0, 0.05) is 5.38 Å². The lowest BCUT2D eigenvalue weighted by molar-refractivity contribution is 0.256. The number of carbonyl (C=O) groups excluding carboxylic acids is 1. The Hall–Kier alpha value is -0.270. The van der Waals surface area contributed by atoms with Gasteiger partial charge >= 0.3 is 6.03 Å². The van der Waals surface area contributed by atoms with E-state index in [1.54, 1.807) is 5.38 Å². The largest absolute Gasteiger partial charge is 0.335 e. The third kappa shape index (κ3) is 3.89. The molecule has 0 aromatic carbocycles. The van der Waals surface area contributed by atoms with Gasteiger partial charge < -0.3 is 0 Å². The van der Waals surface area contributed by atoms with Gasteiger partial charge in [0.15, 0.2) is 5.13 Å². The van der Waals surface area contributed by atoms with Crippen molar-refractivity contribution in [2.45, 2.75) is 4.34 Å². The highest BCUT2D eigenvalue weighted by atomic mass is 79.9. The summed E-state index contributed by atoms with van der Waals surface area (Å²) in [6, 6.07) is -0.936. The molecule has 2 rings (SSSR count). The van der Waals surface area contributed by atoms with Crippen LogP contribution in [0.4, 0.5) is 9.93 Å². The van der Waals surface area contributed by atoms with Gasteiger partial charge in [0.25, 0.3) is 10.0 Å². The highest BCUT2D eigenvalue weighted by molar-refractivity contribution is 9.10. The maximum atomic E-state index is 11.9. The Morgan fingerprint density at radius 1 is 1.35 bits per heavy atom. The van der Waals surface area contributed by atoms with Crippen molar-refractivity contribution >= 4 is 87.3 Å². The molecule has 7 nitrogen and oxygen atoms in total. The van der Waals surface area contributed by atoms with Crippen LogP contribution < -0.4 is 10.0 Å². The second-order valence-electron chi connectivity index (χ2n) is 3.08. The van der Waals surface area contributed by atoms with Gasteiger partial charge in [-0.05, 0) is 31.9 Å². The summed E-state index contributed by atoms with van der Waals surface area (Å²) < 4.78 is 26.2. The molecule has 108 valence electrons. The molecule has 0 unspecified atom stereocenters. The van der Waals surface area contributed by atoms with Gasteiger partial charge in [0.2, 0.25) is 4.34 Å². The fourth-order valence-electron chi connectivity index (χ4n) is 0.981. The van der Waals surface area contributed by atoms with E-state index in [4.69, 9.17) is 11.6 Å². The van der Waals surface area contributed by atoms with Crippen LogP contribution in [0.25, 0.3) is 0 Å². The van der Waals surface area contributed by atoms with Gasteiger partial charge in [-0.15, -0.1) is 11.3 Å². The lowest BCUT2D eigenvalue weighted by atomic mass is 10.9. The number of carbonyl (C=O) groups is 1. The fraction of sp³-hybridized carbons (Fsp3) is 0. The zero-order valence-corrected chi connectivity index (χ0v) is 15.4. The third-order valence-electron chi connectivity index (χ3n) is 1.68. The molecule has 13 heteroatoms. The van der Waals surface area contributed by atoms with E-state index in [1.807, 2.05) is 4.72 Å². The van der Waals surface area contributed by atoms with Crippen molar-refractivity contribution in [3.63, 3.8) is 0 Å². The van der Waals surface area contributed by atoms with E-state index < -0.39 is 16.1 Å². The molecular weight excluding hydrogens is 480 g/mol. The summed E-state index contributed by atoms with van der Waals surface area (Å²) in [5.74, 6) is 0. The molecule has 0 saturated heterocycles. The summed E-state index contributed by atoms with van der Waals surface area (Å²) in [5, 5.41) is 4.18. The molecule has 2 amide bonds. The number of hydrogen-bond acceptors (Lipinski definition) is 7. The lowest BCUT2D eigenvalue weighted by Gasteiger charge is -2.03. The summed E-state index contributed by atoms with van der Waals surface area (Å²) in [5.41, 5.74) is 0. The van der Waals surface area contributed by atoms with Crippen LogP contribution in [0.2, 0.25) is 4.34 Å². The molecule has 0 radical (unpaired) electrons. The average Bonchev–Trinajstić information content (AvgIpc) is 2.86. The molecule has 0 aliphatic carbocycles. The zero-order valence-electron chi connectivity index (χ0n) is 9.06. The Bertz CT molecular complexity index is 740. The number of nitrogens with zero attached hydrogens (tertiary/aromatic N) is 2. The molecule has 0 atom stereocenters. The van der Waals surface area contributed by atoms with Crippen LogP contribution >= 0.6 is 66.1 Å². The van der Waals surface area contributed by atoms with E-state index in [9.17, 15) is 13.2 Å². The first-order valence-electron chi connectivity index (χ1n) is 4.54. The van der Waals surface area contributed by atoms with Gasteiger partial charge in [0.05, 0.1) is 0 Å². The molecule has 0 fully saturated rings. The molecule has 0 aliphatic heterocycles. The third-order valence-corrected chi connectivity index (χ3v) is 7.18. The van der Waals surface area contributed by atoms with Crippen LogP contribution in [-0.4, -0.2) is 24.4 Å². The molecule has 2 heterocycles. The summed E-state index contributed by atoms with van der Waals surface area (Å²) in [6.07, 6.45) is 0. The fourth-order valence-corrected chi connectivity index (χ4v) is 5.00. The van der Waals surface area contributed by atoms with Gasteiger partial charge in [0.1, 0.15) is 13.5 Å². The molecule has 0 saturated carbocycles. The van der Waals surface area contributed by atoms with Crippen molar-refractivity contribution in [1.82, 2.24) is 14.7 Å². The number of anilines is 1. The van der Waals surface area contributed by atoms with Crippen molar-refractivity contribution in [2.24, 2.45) is 0 Å². The molecule has 0 spiro atoms. The number of aromatic nitrogens is 2. The predicted molar refractivity (Wildman–Crippen MR) is 84.0 cm³/mol. The van der Waals surface area contributed by atoms with E-state index >= 15 is 0 Å². The minimum atomic E-state index is -4.08. The Balaban J connectivity index is 2.10. The van der Waals surface area contributed by atoms with E-state index in [2.05, 4.69) is 47.1 Å². The number of halogens is 3. The Morgan fingerprint density at radius 2 is 2.05 bits per heavy atom. The average molecular weight is 483 g/mol. The highest BCUT2D eigenvalue weighted by Crippen LogP contribution is 2.30. The molecular formula is C7H3Br2ClN4O3S3. The van der Waals surface area contributed by atoms with Crippen LogP contribution in [-0.2, 0) is 10.0 Å². The van der Waals surface area contributed by atoms with E-state index in [0.717, 1.165) is 22.7 Å². The number of sulfonamides is 1. The highest BCUT2D eigenvalue weighted by Gasteiger charge is 2.23. The first kappa shape index (κ1) is 16.1. The summed E-state index contributed by atoms with van der Waals surface area (Å²) in [6.45, 7) is 0. The van der Waals surface area contributed by atoms with Crippen LogP contribution in [0.1, 0.15) is 0 Å². The quantitative estimate of drug-likeness (QED) is 0.699. The van der Waals surface area contributed by atoms with Crippen LogP contribution in [0.5, 0.6) is 0 Å². The van der Waals surface area contributed by atoms with Crippen LogP contribution in [0.15, 0.2) is 18.9 Å². The molecule has 2 N–H and O–H groups in total. The summed E-state index contributed by atoms with van der Waals surface area (Å²) in [7, 11) is -4.08. The molecule has 2 aromatic heterocycles. The summed E-state index contributed by atoms with van der Waals surface area (Å²) >= 11 is 13.7. The maximum absolute atomic E-state index is 11.9. The topological polar surface area (TPSA) is 101 Å². The monoisotopic (exact) mass is 480 g/mol. The first-order valence-corrected chi connectivity index (χ1v) is 9.69. The number of nitrogens with one attached hydrogen (secondary N) is 2. The van der Waals surface area contributed by atoms with Crippen molar-refractivity contribution < 1.29 is 13.2 Å². The van der Waals surface area contributed by atoms with Crippen LogP contribution in [0.3, 0.4) is 0 Å². The maximum Gasteiger partial charge on any atom is 0.335 e. The number of hydrogen-bond donors (Lipinski definition) is 2. The second kappa shape index (κ2) is 6.23. The zero-order chi connectivity index (χ0) is 14.9. The number of thiazole rings is 2. The van der Waals surface area contributed by atoms with Gasteiger partial charge in [-0.3, -0.25) is 5.32 Å². The number of amides is 2. The molecule has 0 aliphatic rings. The smallest absolute Gasteiger partial charge is 0.283 e. The summed E-state index contributed by atoms with van der Waals surface area (Å²) in [4.78, 5) is 19.2. The number of rotatable bonds is 3. The van der Waals surface area contributed by atoms with Crippen molar-refractivity contribution in [1.29, 1.82) is 0 Å². The Morgan fingerprint density at radius 3 is 2.55 bits per heavy atom. The van der Waals surface area contributed by atoms with Crippen molar-refractivity contribution in [3.05, 3.63) is 18.9 Å². The van der Waals surface area contributed by atoms with E-state index in [-0.39, 0.29) is 18.4 Å². The van der Waals surface area contributed by atoms with Crippen LogP contribution in [0, 0.1) is 0 Å². The minimum absolute atomic E-state index is 0.176. The molecule has 0 bridgehead atoms. The second-order valence-corrected chi connectivity index (χ2v) is 8.96. The van der Waals surface area contributed by atoms with Gasteiger partial charge in [-0.1, -0.05) is 22.9 Å². The molecule has 2 aromatic rings. The Labute approximate surface area is 143 Å². The predicted octanol–water partition coefficient (Wildman–Crippen LogP) is 3.29.